The van der Waals surface area contributed by atoms with Crippen molar-refractivity contribution in [2.75, 3.05) is 33.4 Å². The van der Waals surface area contributed by atoms with Gasteiger partial charge in [-0.2, -0.15) is 0 Å². The van der Waals surface area contributed by atoms with Crippen LogP contribution in [0.3, 0.4) is 0 Å². The van der Waals surface area contributed by atoms with Gasteiger partial charge in [0.05, 0.1) is 13.2 Å². The molecule has 1 saturated carbocycles. The fraction of sp³-hybridized carbons (Fsp3) is 0.647. The van der Waals surface area contributed by atoms with E-state index in [1.165, 1.54) is 18.4 Å². The van der Waals surface area contributed by atoms with E-state index in [0.717, 1.165) is 31.9 Å². The molecule has 1 aromatic rings. The van der Waals surface area contributed by atoms with Gasteiger partial charge in [-0.15, -0.1) is 0 Å². The van der Waals surface area contributed by atoms with E-state index in [2.05, 4.69) is 30.0 Å². The Bertz CT molecular complexity index is 421. The Balaban J connectivity index is 2.10. The van der Waals surface area contributed by atoms with Gasteiger partial charge < -0.3 is 15.2 Å². The molecule has 21 heavy (non-hydrogen) atoms. The fourth-order valence-electron chi connectivity index (χ4n) is 2.69. The molecule has 0 spiro atoms. The van der Waals surface area contributed by atoms with Gasteiger partial charge in [0.2, 0.25) is 0 Å². The van der Waals surface area contributed by atoms with Crippen LogP contribution >= 0.6 is 0 Å². The molecular weight excluding hydrogens is 264 g/mol. The largest absolute Gasteiger partial charge is 0.494 e. The summed E-state index contributed by atoms with van der Waals surface area (Å²) in [5.41, 5.74) is 7.31. The number of hydrogen-bond acceptors (Lipinski definition) is 4. The maximum Gasteiger partial charge on any atom is 0.119 e. The third kappa shape index (κ3) is 4.70. The molecule has 1 aliphatic carbocycles. The Morgan fingerprint density at radius 3 is 2.76 bits per heavy atom. The van der Waals surface area contributed by atoms with Crippen LogP contribution in [0, 0.1) is 0 Å². The van der Waals surface area contributed by atoms with Crippen molar-refractivity contribution in [3.8, 4) is 5.75 Å². The van der Waals surface area contributed by atoms with Crippen LogP contribution < -0.4 is 10.5 Å². The third-order valence-electron chi connectivity index (χ3n) is 3.91. The van der Waals surface area contributed by atoms with Gasteiger partial charge in [-0.25, -0.2) is 0 Å². The van der Waals surface area contributed by atoms with E-state index in [-0.39, 0.29) is 6.04 Å². The first-order valence-electron chi connectivity index (χ1n) is 7.97. The number of benzene rings is 1. The van der Waals surface area contributed by atoms with E-state index < -0.39 is 0 Å². The van der Waals surface area contributed by atoms with Gasteiger partial charge in [0, 0.05) is 32.3 Å². The monoisotopic (exact) mass is 292 g/mol. The lowest BCUT2D eigenvalue weighted by molar-refractivity contribution is 0.115. The van der Waals surface area contributed by atoms with Crippen LogP contribution in [0.4, 0.5) is 0 Å². The number of ether oxygens (including phenoxy) is 2. The summed E-state index contributed by atoms with van der Waals surface area (Å²) < 4.78 is 11.0. The van der Waals surface area contributed by atoms with Crippen LogP contribution in [0.2, 0.25) is 0 Å². The molecular formula is C17H28N2O2. The first-order chi connectivity index (χ1) is 10.3. The van der Waals surface area contributed by atoms with Crippen LogP contribution in [-0.4, -0.2) is 44.4 Å². The Kier molecular flexibility index (Phi) is 6.49. The second-order valence-electron chi connectivity index (χ2n) is 5.63. The van der Waals surface area contributed by atoms with Crippen molar-refractivity contribution in [2.24, 2.45) is 5.73 Å². The number of rotatable bonds is 10. The number of methoxy groups -OCH3 is 1. The Hall–Kier alpha value is -1.10. The highest BCUT2D eigenvalue weighted by molar-refractivity contribution is 5.31. The quantitative estimate of drug-likeness (QED) is 0.720. The highest BCUT2D eigenvalue weighted by Gasteiger charge is 2.33. The zero-order valence-electron chi connectivity index (χ0n) is 13.3. The molecule has 1 aromatic carbocycles. The molecule has 2 N–H and O–H groups in total. The molecule has 0 saturated heterocycles. The highest BCUT2D eigenvalue weighted by Crippen LogP contribution is 2.34. The molecule has 1 atom stereocenters. The van der Waals surface area contributed by atoms with Crippen LogP contribution in [0.5, 0.6) is 5.75 Å². The lowest BCUT2D eigenvalue weighted by atomic mass is 10.0. The van der Waals surface area contributed by atoms with E-state index in [4.69, 9.17) is 15.2 Å². The van der Waals surface area contributed by atoms with Crippen LogP contribution in [0.15, 0.2) is 24.3 Å². The summed E-state index contributed by atoms with van der Waals surface area (Å²) in [5.74, 6) is 0.940. The molecule has 1 unspecified atom stereocenters. The molecule has 1 fully saturated rings. The molecule has 0 bridgehead atoms. The fourth-order valence-corrected chi connectivity index (χ4v) is 2.69. The highest BCUT2D eigenvalue weighted by atomic mass is 16.5. The summed E-state index contributed by atoms with van der Waals surface area (Å²) in [6.45, 7) is 5.18. The topological polar surface area (TPSA) is 47.7 Å². The average molecular weight is 292 g/mol. The van der Waals surface area contributed by atoms with Crippen molar-refractivity contribution in [1.29, 1.82) is 0 Å². The molecule has 0 aromatic heterocycles. The smallest absolute Gasteiger partial charge is 0.119 e. The average Bonchev–Trinajstić information content (AvgIpc) is 3.34. The van der Waals surface area contributed by atoms with Gasteiger partial charge in [0.15, 0.2) is 0 Å². The van der Waals surface area contributed by atoms with Gasteiger partial charge in [-0.1, -0.05) is 19.1 Å². The van der Waals surface area contributed by atoms with Gasteiger partial charge in [0.1, 0.15) is 5.75 Å². The number of nitrogens with zero attached hydrogens (tertiary/aromatic N) is 1. The summed E-state index contributed by atoms with van der Waals surface area (Å²) in [4.78, 5) is 2.49. The normalized spacial score (nSPS) is 16.2. The van der Waals surface area contributed by atoms with E-state index in [9.17, 15) is 0 Å². The Labute approximate surface area is 128 Å². The van der Waals surface area contributed by atoms with Crippen molar-refractivity contribution < 1.29 is 9.47 Å². The summed E-state index contributed by atoms with van der Waals surface area (Å²) >= 11 is 0. The molecule has 2 rings (SSSR count). The minimum absolute atomic E-state index is 0.248. The molecule has 1 aliphatic rings. The first-order valence-corrected chi connectivity index (χ1v) is 7.97. The second kappa shape index (κ2) is 8.37. The molecule has 4 heteroatoms. The number of nitrogens with two attached hydrogens (primary N) is 1. The summed E-state index contributed by atoms with van der Waals surface area (Å²) in [6, 6.07) is 9.27. The summed E-state index contributed by atoms with van der Waals surface area (Å²) in [7, 11) is 1.75. The molecule has 4 nitrogen and oxygen atoms in total. The zero-order chi connectivity index (χ0) is 15.1. The van der Waals surface area contributed by atoms with E-state index in [1.54, 1.807) is 7.11 Å². The summed E-state index contributed by atoms with van der Waals surface area (Å²) in [6.07, 6.45) is 3.56. The molecule has 0 amide bonds. The molecule has 0 aliphatic heterocycles. The molecule has 118 valence electrons. The van der Waals surface area contributed by atoms with Gasteiger partial charge in [-0.3, -0.25) is 4.90 Å². The lowest BCUT2D eigenvalue weighted by Gasteiger charge is -2.31. The van der Waals surface area contributed by atoms with Crippen molar-refractivity contribution in [2.45, 2.75) is 38.3 Å². The third-order valence-corrected chi connectivity index (χ3v) is 3.91. The first kappa shape index (κ1) is 16.3. The van der Waals surface area contributed by atoms with Crippen molar-refractivity contribution in [3.05, 3.63) is 29.8 Å². The number of hydrogen-bond donors (Lipinski definition) is 1. The lowest BCUT2D eigenvalue weighted by Crippen LogP contribution is -2.37. The predicted molar refractivity (Wildman–Crippen MR) is 85.6 cm³/mol. The second-order valence-corrected chi connectivity index (χ2v) is 5.63. The zero-order valence-corrected chi connectivity index (χ0v) is 13.3. The Morgan fingerprint density at radius 1 is 1.33 bits per heavy atom. The van der Waals surface area contributed by atoms with Crippen LogP contribution in [-0.2, 0) is 4.74 Å². The molecule has 0 radical (unpaired) electrons. The predicted octanol–water partition coefficient (Wildman–Crippen LogP) is 2.59. The standard InChI is InChI=1S/C17H28N2O2/c1-3-10-21-16-6-4-5-14(12-16)17(13-18)19(9-11-20-2)15-7-8-15/h4-6,12,15,17H,3,7-11,13,18H2,1-2H3. The minimum Gasteiger partial charge on any atom is -0.494 e. The SMILES string of the molecule is CCCOc1cccc(C(CN)N(CCOC)C2CC2)c1. The van der Waals surface area contributed by atoms with E-state index in [0.29, 0.717) is 12.6 Å². The van der Waals surface area contributed by atoms with Crippen LogP contribution in [0.1, 0.15) is 37.8 Å². The van der Waals surface area contributed by atoms with Gasteiger partial charge in [-0.05, 0) is 37.0 Å². The maximum atomic E-state index is 6.07. The van der Waals surface area contributed by atoms with Crippen molar-refractivity contribution >= 4 is 0 Å². The summed E-state index contributed by atoms with van der Waals surface area (Å²) in [5, 5.41) is 0. The van der Waals surface area contributed by atoms with E-state index >= 15 is 0 Å². The van der Waals surface area contributed by atoms with Gasteiger partial charge in [0.25, 0.3) is 0 Å². The Morgan fingerprint density at radius 2 is 2.14 bits per heavy atom. The minimum atomic E-state index is 0.248. The molecule has 0 heterocycles. The van der Waals surface area contributed by atoms with Crippen molar-refractivity contribution in [3.63, 3.8) is 0 Å². The van der Waals surface area contributed by atoms with Crippen molar-refractivity contribution in [1.82, 2.24) is 4.90 Å². The van der Waals surface area contributed by atoms with Gasteiger partial charge >= 0.3 is 0 Å². The van der Waals surface area contributed by atoms with Crippen LogP contribution in [0.25, 0.3) is 0 Å². The maximum absolute atomic E-state index is 6.07. The van der Waals surface area contributed by atoms with E-state index in [1.807, 2.05) is 6.07 Å².